The van der Waals surface area contributed by atoms with Crippen molar-refractivity contribution in [3.63, 3.8) is 0 Å². The molecule has 2 heterocycles. The highest BCUT2D eigenvalue weighted by atomic mass is 35.5. The van der Waals surface area contributed by atoms with E-state index < -0.39 is 6.04 Å². The summed E-state index contributed by atoms with van der Waals surface area (Å²) in [5, 5.41) is 2.90. The molecule has 1 fully saturated rings. The van der Waals surface area contributed by atoms with E-state index in [1.165, 1.54) is 0 Å². The summed E-state index contributed by atoms with van der Waals surface area (Å²) < 4.78 is 5.27. The number of ether oxygens (including phenoxy) is 1. The lowest BCUT2D eigenvalue weighted by Gasteiger charge is -2.26. The van der Waals surface area contributed by atoms with Gasteiger partial charge in [-0.15, -0.1) is 24.8 Å². The van der Waals surface area contributed by atoms with Gasteiger partial charge >= 0.3 is 0 Å². The van der Waals surface area contributed by atoms with E-state index in [9.17, 15) is 4.79 Å². The van der Waals surface area contributed by atoms with Crippen LogP contribution >= 0.6 is 24.8 Å². The fourth-order valence-electron chi connectivity index (χ4n) is 2.28. The van der Waals surface area contributed by atoms with Gasteiger partial charge in [0.25, 0.3) is 0 Å². The maximum atomic E-state index is 11.9. The second kappa shape index (κ2) is 10.8. The van der Waals surface area contributed by atoms with E-state index in [1.54, 1.807) is 6.20 Å². The SMILES string of the molecule is Cl.Cl.NC(C(=O)NCCc1cccnc1)C1CCOCC1. The van der Waals surface area contributed by atoms with Crippen LogP contribution in [0.1, 0.15) is 18.4 Å². The molecule has 7 heteroatoms. The number of pyridine rings is 1. The molecule has 120 valence electrons. The molecule has 1 aromatic heterocycles. The third kappa shape index (κ3) is 6.61. The average molecular weight is 336 g/mol. The van der Waals surface area contributed by atoms with Crippen LogP contribution in [-0.4, -0.2) is 36.7 Å². The van der Waals surface area contributed by atoms with Gasteiger partial charge in [0.05, 0.1) is 6.04 Å². The summed E-state index contributed by atoms with van der Waals surface area (Å²) in [6.45, 7) is 2.02. The highest BCUT2D eigenvalue weighted by Crippen LogP contribution is 2.17. The smallest absolute Gasteiger partial charge is 0.237 e. The van der Waals surface area contributed by atoms with Crippen LogP contribution in [-0.2, 0) is 16.0 Å². The first kappa shape index (κ1) is 20.1. The van der Waals surface area contributed by atoms with E-state index in [0.717, 1.165) is 24.8 Å². The molecule has 1 aromatic rings. The minimum Gasteiger partial charge on any atom is -0.381 e. The third-order valence-corrected chi connectivity index (χ3v) is 3.51. The summed E-state index contributed by atoms with van der Waals surface area (Å²) >= 11 is 0. The Kier molecular flexibility index (Phi) is 10.3. The van der Waals surface area contributed by atoms with Crippen molar-refractivity contribution in [3.05, 3.63) is 30.1 Å². The Morgan fingerprint density at radius 3 is 2.76 bits per heavy atom. The van der Waals surface area contributed by atoms with Gasteiger partial charge < -0.3 is 15.8 Å². The summed E-state index contributed by atoms with van der Waals surface area (Å²) in [6.07, 6.45) is 6.07. The molecule has 0 aliphatic carbocycles. The number of carbonyl (C=O) groups excluding carboxylic acids is 1. The molecule has 2 rings (SSSR count). The molecule has 0 saturated carbocycles. The number of hydrogen-bond donors (Lipinski definition) is 2. The molecule has 0 spiro atoms. The fourth-order valence-corrected chi connectivity index (χ4v) is 2.28. The highest BCUT2D eigenvalue weighted by molar-refractivity contribution is 5.85. The van der Waals surface area contributed by atoms with Crippen molar-refractivity contribution in [2.45, 2.75) is 25.3 Å². The minimum atomic E-state index is -0.419. The van der Waals surface area contributed by atoms with Crippen LogP contribution in [0.25, 0.3) is 0 Å². The van der Waals surface area contributed by atoms with Crippen LogP contribution in [0, 0.1) is 5.92 Å². The highest BCUT2D eigenvalue weighted by Gasteiger charge is 2.26. The van der Waals surface area contributed by atoms with Crippen molar-refractivity contribution >= 4 is 30.7 Å². The van der Waals surface area contributed by atoms with Gasteiger partial charge in [0.1, 0.15) is 0 Å². The van der Waals surface area contributed by atoms with E-state index in [1.807, 2.05) is 18.3 Å². The molecule has 1 aliphatic heterocycles. The van der Waals surface area contributed by atoms with Crippen LogP contribution in [0.2, 0.25) is 0 Å². The monoisotopic (exact) mass is 335 g/mol. The molecule has 0 radical (unpaired) electrons. The maximum Gasteiger partial charge on any atom is 0.237 e. The zero-order valence-corrected chi connectivity index (χ0v) is 13.5. The van der Waals surface area contributed by atoms with Crippen molar-refractivity contribution in [3.8, 4) is 0 Å². The predicted octanol–water partition coefficient (Wildman–Crippen LogP) is 1.34. The minimum absolute atomic E-state index is 0. The Morgan fingerprint density at radius 1 is 1.43 bits per heavy atom. The van der Waals surface area contributed by atoms with E-state index in [0.29, 0.717) is 19.8 Å². The first-order valence-electron chi connectivity index (χ1n) is 6.77. The molecule has 0 bridgehead atoms. The second-order valence-electron chi connectivity index (χ2n) is 4.88. The summed E-state index contributed by atoms with van der Waals surface area (Å²) in [4.78, 5) is 16.0. The molecule has 1 atom stereocenters. The number of aromatic nitrogens is 1. The Bertz CT molecular complexity index is 400. The molecule has 1 saturated heterocycles. The standard InChI is InChI=1S/C14H21N3O2.2ClH/c15-13(12-4-8-19-9-5-12)14(18)17-7-3-11-2-1-6-16-10-11;;/h1-2,6,10,12-13H,3-5,7-9,15H2,(H,17,18);2*1H. The van der Waals surface area contributed by atoms with Gasteiger partial charge in [-0.1, -0.05) is 6.07 Å². The van der Waals surface area contributed by atoms with Crippen LogP contribution in [0.3, 0.4) is 0 Å². The van der Waals surface area contributed by atoms with Gasteiger partial charge in [-0.25, -0.2) is 0 Å². The summed E-state index contributed by atoms with van der Waals surface area (Å²) in [6, 6.07) is 3.47. The zero-order valence-electron chi connectivity index (χ0n) is 11.9. The van der Waals surface area contributed by atoms with Crippen molar-refractivity contribution in [1.29, 1.82) is 0 Å². The third-order valence-electron chi connectivity index (χ3n) is 3.51. The molecule has 0 aromatic carbocycles. The van der Waals surface area contributed by atoms with E-state index in [2.05, 4.69) is 10.3 Å². The van der Waals surface area contributed by atoms with Gasteiger partial charge in [-0.2, -0.15) is 0 Å². The molecule has 1 unspecified atom stereocenters. The zero-order chi connectivity index (χ0) is 13.5. The van der Waals surface area contributed by atoms with Crippen LogP contribution in [0.4, 0.5) is 0 Å². The van der Waals surface area contributed by atoms with E-state index >= 15 is 0 Å². The lowest BCUT2D eigenvalue weighted by Crippen LogP contribution is -2.47. The summed E-state index contributed by atoms with van der Waals surface area (Å²) in [7, 11) is 0. The first-order valence-corrected chi connectivity index (χ1v) is 6.77. The second-order valence-corrected chi connectivity index (χ2v) is 4.88. The molecular formula is C14H23Cl2N3O2. The van der Waals surface area contributed by atoms with Crippen LogP contribution in [0.15, 0.2) is 24.5 Å². The van der Waals surface area contributed by atoms with Gasteiger partial charge in [0.2, 0.25) is 5.91 Å². The van der Waals surface area contributed by atoms with Gasteiger partial charge in [0, 0.05) is 32.2 Å². The first-order chi connectivity index (χ1) is 9.27. The molecule has 1 amide bonds. The number of nitrogens with one attached hydrogen (secondary N) is 1. The summed E-state index contributed by atoms with van der Waals surface area (Å²) in [5.74, 6) is 0.183. The predicted molar refractivity (Wildman–Crippen MR) is 87.0 cm³/mol. The van der Waals surface area contributed by atoms with Crippen LogP contribution < -0.4 is 11.1 Å². The van der Waals surface area contributed by atoms with Gasteiger partial charge in [-0.05, 0) is 36.8 Å². The molecule has 21 heavy (non-hydrogen) atoms. The van der Waals surface area contributed by atoms with Gasteiger partial charge in [0.15, 0.2) is 0 Å². The molecule has 1 aliphatic rings. The van der Waals surface area contributed by atoms with Crippen molar-refractivity contribution in [1.82, 2.24) is 10.3 Å². The quantitative estimate of drug-likeness (QED) is 0.851. The molecular weight excluding hydrogens is 313 g/mol. The largest absolute Gasteiger partial charge is 0.381 e. The maximum absolute atomic E-state index is 11.9. The normalized spacial score (nSPS) is 16.2. The molecule has 3 N–H and O–H groups in total. The lowest BCUT2D eigenvalue weighted by atomic mass is 9.92. The number of amides is 1. The van der Waals surface area contributed by atoms with Crippen molar-refractivity contribution in [2.75, 3.05) is 19.8 Å². The number of rotatable bonds is 5. The lowest BCUT2D eigenvalue weighted by molar-refractivity contribution is -0.124. The van der Waals surface area contributed by atoms with Crippen molar-refractivity contribution < 1.29 is 9.53 Å². The molecule has 5 nitrogen and oxygen atoms in total. The number of nitrogens with zero attached hydrogens (tertiary/aromatic N) is 1. The Balaban J connectivity index is 0.00000200. The topological polar surface area (TPSA) is 77.2 Å². The van der Waals surface area contributed by atoms with Crippen molar-refractivity contribution in [2.24, 2.45) is 11.7 Å². The van der Waals surface area contributed by atoms with Crippen LogP contribution in [0.5, 0.6) is 0 Å². The van der Waals surface area contributed by atoms with E-state index in [4.69, 9.17) is 10.5 Å². The number of carbonyl (C=O) groups is 1. The fraction of sp³-hybridized carbons (Fsp3) is 0.571. The summed E-state index contributed by atoms with van der Waals surface area (Å²) in [5.41, 5.74) is 7.10. The number of halogens is 2. The Labute approximate surface area is 137 Å². The average Bonchev–Trinajstić information content (AvgIpc) is 2.48. The Morgan fingerprint density at radius 2 is 2.14 bits per heavy atom. The number of nitrogens with two attached hydrogens (primary N) is 1. The van der Waals surface area contributed by atoms with Gasteiger partial charge in [-0.3, -0.25) is 9.78 Å². The van der Waals surface area contributed by atoms with E-state index in [-0.39, 0.29) is 36.6 Å². The Hall–Kier alpha value is -0.880. The number of hydrogen-bond acceptors (Lipinski definition) is 4.